The van der Waals surface area contributed by atoms with Gasteiger partial charge in [-0.3, -0.25) is 20.7 Å². The zero-order valence-corrected chi connectivity index (χ0v) is 19.2. The Labute approximate surface area is 207 Å². The minimum atomic E-state index is -5.05. The number of rotatable bonds is 5. The molecule has 0 fully saturated rings. The predicted octanol–water partition coefficient (Wildman–Crippen LogP) is 5.92. The number of hydroxylamine groups is 1. The smallest absolute Gasteiger partial charge is 0.374 e. The number of oxime groups is 1. The van der Waals surface area contributed by atoms with E-state index < -0.39 is 35.5 Å². The van der Waals surface area contributed by atoms with Crippen LogP contribution in [0.1, 0.15) is 39.9 Å². The topological polar surface area (TPSA) is 79.1 Å². The van der Waals surface area contributed by atoms with Crippen LogP contribution in [0, 0.1) is 6.92 Å². The lowest BCUT2D eigenvalue weighted by molar-refractivity contribution is -0.276. The zero-order chi connectivity index (χ0) is 26.8. The summed E-state index contributed by atoms with van der Waals surface area (Å²) in [7, 11) is 0. The summed E-state index contributed by atoms with van der Waals surface area (Å²) in [6, 6.07) is 12.8. The molecule has 194 valence electrons. The molecule has 1 unspecified atom stereocenters. The van der Waals surface area contributed by atoms with Gasteiger partial charge in [0.1, 0.15) is 0 Å². The Morgan fingerprint density at radius 1 is 1.05 bits per heavy atom. The van der Waals surface area contributed by atoms with Crippen LogP contribution in [0.5, 0.6) is 0 Å². The molecule has 3 aromatic rings. The summed E-state index contributed by atoms with van der Waals surface area (Å²) in [6.45, 7) is 1.82. The van der Waals surface area contributed by atoms with Gasteiger partial charge in [-0.15, -0.1) is 0 Å². The molecule has 0 aliphatic carbocycles. The van der Waals surface area contributed by atoms with Gasteiger partial charge in [-0.1, -0.05) is 35.5 Å². The van der Waals surface area contributed by atoms with Crippen molar-refractivity contribution in [3.8, 4) is 0 Å². The van der Waals surface area contributed by atoms with Crippen LogP contribution in [0.25, 0.3) is 0 Å². The van der Waals surface area contributed by atoms with Gasteiger partial charge in [-0.2, -0.15) is 26.3 Å². The van der Waals surface area contributed by atoms with Crippen LogP contribution < -0.4 is 5.48 Å². The Balaban J connectivity index is 1.62. The predicted molar refractivity (Wildman–Crippen MR) is 122 cm³/mol. The second kappa shape index (κ2) is 9.85. The van der Waals surface area contributed by atoms with Crippen molar-refractivity contribution in [1.82, 2.24) is 10.5 Å². The molecular weight excluding hydrogens is 502 g/mol. The summed E-state index contributed by atoms with van der Waals surface area (Å²) in [6.07, 6.45) is -9.10. The maximum Gasteiger partial charge on any atom is 0.435 e. The van der Waals surface area contributed by atoms with Crippen molar-refractivity contribution in [2.24, 2.45) is 10.1 Å². The van der Waals surface area contributed by atoms with Gasteiger partial charge in [0.05, 0.1) is 23.5 Å². The summed E-state index contributed by atoms with van der Waals surface area (Å²) >= 11 is 0. The number of halogens is 6. The highest BCUT2D eigenvalue weighted by atomic mass is 19.4. The summed E-state index contributed by atoms with van der Waals surface area (Å²) in [4.78, 5) is 13.3. The van der Waals surface area contributed by atoms with E-state index in [1.54, 1.807) is 31.3 Å². The van der Waals surface area contributed by atoms with Crippen molar-refractivity contribution in [2.75, 3.05) is 0 Å². The van der Waals surface area contributed by atoms with Gasteiger partial charge < -0.3 is 4.84 Å². The highest BCUT2D eigenvalue weighted by Gasteiger charge is 2.62. The number of nitrogens with one attached hydrogen (secondary N) is 1. The van der Waals surface area contributed by atoms with Gasteiger partial charge in [-0.25, -0.2) is 0 Å². The molecule has 0 saturated carbocycles. The van der Waals surface area contributed by atoms with E-state index in [0.29, 0.717) is 29.0 Å². The van der Waals surface area contributed by atoms with Crippen molar-refractivity contribution in [2.45, 2.75) is 37.8 Å². The lowest BCUT2D eigenvalue weighted by Gasteiger charge is -2.30. The second-order valence-corrected chi connectivity index (χ2v) is 8.34. The molecule has 1 aromatic heterocycles. The minimum absolute atomic E-state index is 0.0895. The van der Waals surface area contributed by atoms with Gasteiger partial charge >= 0.3 is 12.4 Å². The number of pyridine rings is 1. The van der Waals surface area contributed by atoms with Gasteiger partial charge in [0.2, 0.25) is 0 Å². The molecule has 0 radical (unpaired) electrons. The number of benzene rings is 2. The van der Waals surface area contributed by atoms with Crippen LogP contribution in [0.2, 0.25) is 0 Å². The molecule has 1 aliphatic rings. The third-order valence-electron chi connectivity index (χ3n) is 5.89. The van der Waals surface area contributed by atoms with E-state index in [1.165, 1.54) is 18.2 Å². The summed E-state index contributed by atoms with van der Waals surface area (Å²) in [5, 5.41) is 13.2. The van der Waals surface area contributed by atoms with Crippen molar-refractivity contribution in [3.63, 3.8) is 0 Å². The van der Waals surface area contributed by atoms with Crippen LogP contribution in [0.15, 0.2) is 77.0 Å². The molecule has 2 heterocycles. The molecule has 6 nitrogen and oxygen atoms in total. The van der Waals surface area contributed by atoms with Crippen LogP contribution in [-0.4, -0.2) is 27.9 Å². The average molecular weight is 522 g/mol. The zero-order valence-electron chi connectivity index (χ0n) is 19.2. The van der Waals surface area contributed by atoms with E-state index in [-0.39, 0.29) is 23.7 Å². The summed E-state index contributed by atoms with van der Waals surface area (Å²) < 4.78 is 82.1. The minimum Gasteiger partial charge on any atom is -0.374 e. The third kappa shape index (κ3) is 5.29. The Hall–Kier alpha value is -3.93. The highest BCUT2D eigenvalue weighted by molar-refractivity contribution is 6.04. The Kier molecular flexibility index (Phi) is 6.96. The fourth-order valence-corrected chi connectivity index (χ4v) is 3.95. The number of amidine groups is 1. The molecule has 2 N–H and O–H groups in total. The average Bonchev–Trinajstić information content (AvgIpc) is 3.33. The molecule has 0 bridgehead atoms. The fourth-order valence-electron chi connectivity index (χ4n) is 3.95. The van der Waals surface area contributed by atoms with Gasteiger partial charge in [0.15, 0.2) is 5.84 Å². The number of aromatic nitrogens is 1. The lowest BCUT2D eigenvalue weighted by atomic mass is 9.85. The van der Waals surface area contributed by atoms with Gasteiger partial charge in [0.25, 0.3) is 5.60 Å². The van der Waals surface area contributed by atoms with Crippen molar-refractivity contribution >= 4 is 11.5 Å². The Morgan fingerprint density at radius 3 is 2.46 bits per heavy atom. The van der Waals surface area contributed by atoms with Gasteiger partial charge in [-0.05, 0) is 48.4 Å². The molecule has 2 aromatic carbocycles. The maximum atomic E-state index is 14.2. The van der Waals surface area contributed by atoms with Crippen LogP contribution in [0.4, 0.5) is 26.3 Å². The molecule has 12 heteroatoms. The van der Waals surface area contributed by atoms with Crippen LogP contribution in [-0.2, 0) is 23.2 Å². The van der Waals surface area contributed by atoms with E-state index in [0.717, 1.165) is 12.1 Å². The Morgan fingerprint density at radius 2 is 1.84 bits per heavy atom. The monoisotopic (exact) mass is 522 g/mol. The van der Waals surface area contributed by atoms with E-state index in [9.17, 15) is 31.5 Å². The molecule has 37 heavy (non-hydrogen) atoms. The lowest BCUT2D eigenvalue weighted by Crippen LogP contribution is -2.42. The first-order valence-electron chi connectivity index (χ1n) is 10.9. The van der Waals surface area contributed by atoms with Crippen molar-refractivity contribution < 1.29 is 36.4 Å². The van der Waals surface area contributed by atoms with Crippen molar-refractivity contribution in [3.05, 3.63) is 100 Å². The standard InChI is InChI=1S/C25H20F6N4O2/c1-15-11-16(8-9-20(15)22(34-36)33-14-19-7-2-3-10-32-19)21-13-23(37-35-21,25(29,30)31)17-5-4-6-18(12-17)24(26,27)28/h2-12,36H,13-14H2,1H3,(H,33,34). The van der Waals surface area contributed by atoms with E-state index in [4.69, 9.17) is 4.84 Å². The molecular formula is C25H20F6N4O2. The normalized spacial score (nSPS) is 18.4. The first-order valence-corrected chi connectivity index (χ1v) is 10.9. The quantitative estimate of drug-likeness (QED) is 0.189. The number of aryl methyl sites for hydroxylation is 1. The van der Waals surface area contributed by atoms with Crippen LogP contribution >= 0.6 is 0 Å². The highest BCUT2D eigenvalue weighted by Crippen LogP contribution is 2.49. The van der Waals surface area contributed by atoms with E-state index in [1.807, 2.05) is 5.48 Å². The third-order valence-corrected chi connectivity index (χ3v) is 5.89. The molecule has 0 saturated heterocycles. The van der Waals surface area contributed by atoms with Gasteiger partial charge in [0, 0.05) is 23.7 Å². The number of aliphatic imine (C=N–C) groups is 1. The largest absolute Gasteiger partial charge is 0.435 e. The summed E-state index contributed by atoms with van der Waals surface area (Å²) in [5.41, 5.74) is -1.11. The molecule has 0 spiro atoms. The fraction of sp³-hybridized carbons (Fsp3) is 0.240. The molecule has 1 aliphatic heterocycles. The maximum absolute atomic E-state index is 14.2. The summed E-state index contributed by atoms with van der Waals surface area (Å²) in [5.74, 6) is 0.118. The van der Waals surface area contributed by atoms with E-state index in [2.05, 4.69) is 15.1 Å². The number of hydrogen-bond donors (Lipinski definition) is 2. The number of nitrogens with zero attached hydrogens (tertiary/aromatic N) is 3. The van der Waals surface area contributed by atoms with Crippen molar-refractivity contribution in [1.29, 1.82) is 0 Å². The molecule has 1 atom stereocenters. The first-order chi connectivity index (χ1) is 17.4. The molecule has 0 amide bonds. The SMILES string of the molecule is Cc1cc(C2=NOC(c3cccc(C(F)(F)F)c3)(C(F)(F)F)C2)ccc1C(=NCc1ccccn1)NO. The number of alkyl halides is 6. The van der Waals surface area contributed by atoms with Crippen LogP contribution in [0.3, 0.4) is 0 Å². The first kappa shape index (κ1) is 26.1. The Bertz CT molecular complexity index is 1340. The van der Waals surface area contributed by atoms with E-state index >= 15 is 0 Å². The number of hydrogen-bond acceptors (Lipinski definition) is 5. The molecule has 4 rings (SSSR count). The second-order valence-electron chi connectivity index (χ2n) is 8.34.